The summed E-state index contributed by atoms with van der Waals surface area (Å²) in [6, 6.07) is 1.34. The summed E-state index contributed by atoms with van der Waals surface area (Å²) < 4.78 is 0. The summed E-state index contributed by atoms with van der Waals surface area (Å²) in [6.07, 6.45) is 5.82. The van der Waals surface area contributed by atoms with Gasteiger partial charge in [0, 0.05) is 31.7 Å². The van der Waals surface area contributed by atoms with Crippen molar-refractivity contribution in [1.29, 1.82) is 0 Å². The molecule has 1 aliphatic carbocycles. The molecule has 0 amide bonds. The van der Waals surface area contributed by atoms with Gasteiger partial charge in [0.05, 0.1) is 0 Å². The van der Waals surface area contributed by atoms with E-state index in [1.165, 1.54) is 38.8 Å². The molecular weight excluding hydrogens is 232 g/mol. The molecule has 4 unspecified atom stereocenters. The molecule has 1 saturated carbocycles. The van der Waals surface area contributed by atoms with Gasteiger partial charge >= 0.3 is 0 Å². The summed E-state index contributed by atoms with van der Waals surface area (Å²) in [5, 5.41) is 3.75. The number of rotatable bonds is 2. The van der Waals surface area contributed by atoms with Crippen LogP contribution in [0, 0.1) is 17.3 Å². The number of piperazine rings is 1. The van der Waals surface area contributed by atoms with Gasteiger partial charge in [-0.05, 0) is 30.6 Å². The van der Waals surface area contributed by atoms with Gasteiger partial charge in [0.1, 0.15) is 0 Å². The van der Waals surface area contributed by atoms with E-state index in [0.717, 1.165) is 18.4 Å². The fourth-order valence-electron chi connectivity index (χ4n) is 3.72. The second kappa shape index (κ2) is 6.13. The number of nitrogens with zero attached hydrogens (tertiary/aromatic N) is 1. The van der Waals surface area contributed by atoms with Crippen LogP contribution in [0.4, 0.5) is 0 Å². The molecule has 0 bridgehead atoms. The maximum absolute atomic E-state index is 3.75. The Labute approximate surface area is 120 Å². The van der Waals surface area contributed by atoms with Crippen LogP contribution in [0.2, 0.25) is 0 Å². The Kier molecular flexibility index (Phi) is 4.94. The Morgan fingerprint density at radius 2 is 1.79 bits per heavy atom. The van der Waals surface area contributed by atoms with E-state index in [1.807, 2.05) is 0 Å². The molecule has 4 atom stereocenters. The van der Waals surface area contributed by atoms with Gasteiger partial charge in [0.15, 0.2) is 0 Å². The Morgan fingerprint density at radius 1 is 1.11 bits per heavy atom. The van der Waals surface area contributed by atoms with Crippen molar-refractivity contribution in [2.75, 3.05) is 19.6 Å². The lowest BCUT2D eigenvalue weighted by molar-refractivity contribution is 0.0620. The first-order chi connectivity index (χ1) is 8.88. The van der Waals surface area contributed by atoms with Crippen LogP contribution < -0.4 is 5.32 Å². The van der Waals surface area contributed by atoms with E-state index in [-0.39, 0.29) is 0 Å². The second-order valence-corrected chi connectivity index (χ2v) is 8.15. The molecule has 19 heavy (non-hydrogen) atoms. The van der Waals surface area contributed by atoms with Crippen molar-refractivity contribution in [1.82, 2.24) is 10.2 Å². The second-order valence-electron chi connectivity index (χ2n) is 8.15. The van der Waals surface area contributed by atoms with Crippen molar-refractivity contribution < 1.29 is 0 Å². The maximum Gasteiger partial charge on any atom is 0.0244 e. The highest BCUT2D eigenvalue weighted by Crippen LogP contribution is 2.32. The number of hydrogen-bond donors (Lipinski definition) is 1. The zero-order chi connectivity index (χ0) is 14.0. The standard InChI is InChI=1S/C17H34N2/c1-13-8-6-7-9-15(13)11-19-12-16(17(3,4)5)18-10-14(19)2/h13-16,18H,6-12H2,1-5H3. The van der Waals surface area contributed by atoms with E-state index in [0.29, 0.717) is 17.5 Å². The molecule has 0 aromatic heterocycles. The monoisotopic (exact) mass is 266 g/mol. The Morgan fingerprint density at radius 3 is 2.42 bits per heavy atom. The molecule has 2 heteroatoms. The summed E-state index contributed by atoms with van der Waals surface area (Å²) in [7, 11) is 0. The van der Waals surface area contributed by atoms with Crippen LogP contribution in [-0.4, -0.2) is 36.6 Å². The van der Waals surface area contributed by atoms with Crippen molar-refractivity contribution in [3.8, 4) is 0 Å². The van der Waals surface area contributed by atoms with E-state index in [1.54, 1.807) is 0 Å². The fraction of sp³-hybridized carbons (Fsp3) is 1.00. The van der Waals surface area contributed by atoms with Gasteiger partial charge in [0.2, 0.25) is 0 Å². The van der Waals surface area contributed by atoms with E-state index in [4.69, 9.17) is 0 Å². The van der Waals surface area contributed by atoms with Crippen molar-refractivity contribution in [3.05, 3.63) is 0 Å². The lowest BCUT2D eigenvalue weighted by Gasteiger charge is -2.46. The van der Waals surface area contributed by atoms with E-state index in [2.05, 4.69) is 44.8 Å². The zero-order valence-corrected chi connectivity index (χ0v) is 13.7. The third kappa shape index (κ3) is 3.95. The summed E-state index contributed by atoms with van der Waals surface area (Å²) >= 11 is 0. The number of hydrogen-bond acceptors (Lipinski definition) is 2. The van der Waals surface area contributed by atoms with Crippen molar-refractivity contribution in [3.63, 3.8) is 0 Å². The topological polar surface area (TPSA) is 15.3 Å². The lowest BCUT2D eigenvalue weighted by atomic mass is 9.79. The lowest BCUT2D eigenvalue weighted by Crippen LogP contribution is -2.60. The maximum atomic E-state index is 3.75. The summed E-state index contributed by atoms with van der Waals surface area (Å²) in [5.41, 5.74) is 0.372. The minimum atomic E-state index is 0.372. The van der Waals surface area contributed by atoms with Crippen LogP contribution in [0.1, 0.15) is 60.3 Å². The molecule has 0 aromatic carbocycles. The van der Waals surface area contributed by atoms with Crippen LogP contribution in [0.15, 0.2) is 0 Å². The zero-order valence-electron chi connectivity index (χ0n) is 13.7. The molecule has 2 aliphatic rings. The molecule has 0 radical (unpaired) electrons. The highest BCUT2D eigenvalue weighted by Gasteiger charge is 2.34. The summed E-state index contributed by atoms with van der Waals surface area (Å²) in [4.78, 5) is 2.76. The number of nitrogens with one attached hydrogen (secondary N) is 1. The third-order valence-corrected chi connectivity index (χ3v) is 5.50. The fourth-order valence-corrected chi connectivity index (χ4v) is 3.72. The molecule has 2 fully saturated rings. The first kappa shape index (κ1) is 15.3. The molecule has 1 aliphatic heterocycles. The molecule has 0 spiro atoms. The Hall–Kier alpha value is -0.0800. The summed E-state index contributed by atoms with van der Waals surface area (Å²) in [6.45, 7) is 15.7. The van der Waals surface area contributed by atoms with Crippen LogP contribution in [0.25, 0.3) is 0 Å². The average Bonchev–Trinajstić information content (AvgIpc) is 2.33. The van der Waals surface area contributed by atoms with E-state index in [9.17, 15) is 0 Å². The average molecular weight is 266 g/mol. The molecule has 1 saturated heterocycles. The predicted octanol–water partition coefficient (Wildman–Crippen LogP) is 3.52. The minimum absolute atomic E-state index is 0.372. The first-order valence-corrected chi connectivity index (χ1v) is 8.35. The van der Waals surface area contributed by atoms with Crippen LogP contribution in [0.3, 0.4) is 0 Å². The van der Waals surface area contributed by atoms with E-state index >= 15 is 0 Å². The Bertz CT molecular complexity index is 281. The van der Waals surface area contributed by atoms with Crippen LogP contribution >= 0.6 is 0 Å². The van der Waals surface area contributed by atoms with Crippen molar-refractivity contribution in [2.45, 2.75) is 72.4 Å². The van der Waals surface area contributed by atoms with Gasteiger partial charge in [-0.3, -0.25) is 4.90 Å². The van der Waals surface area contributed by atoms with Gasteiger partial charge in [0.25, 0.3) is 0 Å². The van der Waals surface area contributed by atoms with E-state index < -0.39 is 0 Å². The van der Waals surface area contributed by atoms with Gasteiger partial charge in [-0.25, -0.2) is 0 Å². The molecule has 0 aromatic rings. The van der Waals surface area contributed by atoms with Gasteiger partial charge in [-0.15, -0.1) is 0 Å². The molecule has 2 rings (SSSR count). The van der Waals surface area contributed by atoms with Crippen LogP contribution in [0.5, 0.6) is 0 Å². The highest BCUT2D eigenvalue weighted by molar-refractivity contribution is 4.91. The minimum Gasteiger partial charge on any atom is -0.311 e. The quantitative estimate of drug-likeness (QED) is 0.822. The first-order valence-electron chi connectivity index (χ1n) is 8.35. The molecule has 2 nitrogen and oxygen atoms in total. The molecule has 1 N–H and O–H groups in total. The highest BCUT2D eigenvalue weighted by atomic mass is 15.2. The predicted molar refractivity (Wildman–Crippen MR) is 83.4 cm³/mol. The largest absolute Gasteiger partial charge is 0.311 e. The summed E-state index contributed by atoms with van der Waals surface area (Å²) in [5.74, 6) is 1.87. The molecule has 1 heterocycles. The molecule has 112 valence electrons. The third-order valence-electron chi connectivity index (χ3n) is 5.50. The SMILES string of the molecule is CC1CCCCC1CN1CC(C(C)(C)C)NCC1C. The van der Waals surface area contributed by atoms with Gasteiger partial charge < -0.3 is 5.32 Å². The van der Waals surface area contributed by atoms with Gasteiger partial charge in [-0.2, -0.15) is 0 Å². The van der Waals surface area contributed by atoms with Crippen LogP contribution in [-0.2, 0) is 0 Å². The van der Waals surface area contributed by atoms with Crippen molar-refractivity contribution in [2.24, 2.45) is 17.3 Å². The van der Waals surface area contributed by atoms with Gasteiger partial charge in [-0.1, -0.05) is 47.0 Å². The Balaban J connectivity index is 1.93. The molecular formula is C17H34N2. The van der Waals surface area contributed by atoms with Crippen molar-refractivity contribution >= 4 is 0 Å². The smallest absolute Gasteiger partial charge is 0.0244 e. The normalized spacial score (nSPS) is 38.4.